The predicted molar refractivity (Wildman–Crippen MR) is 229 cm³/mol. The van der Waals surface area contributed by atoms with Crippen LogP contribution >= 0.6 is 31.9 Å². The van der Waals surface area contributed by atoms with Gasteiger partial charge in [0, 0.05) is 55.4 Å². The molecule has 0 bridgehead atoms. The van der Waals surface area contributed by atoms with Crippen molar-refractivity contribution in [1.29, 1.82) is 0 Å². The molecule has 13 heteroatoms. The fourth-order valence-electron chi connectivity index (χ4n) is 7.15. The number of carbonyl (C=O) groups excluding carboxylic acids is 4. The summed E-state index contributed by atoms with van der Waals surface area (Å²) in [6, 6.07) is 39.1. The molecule has 2 atom stereocenters. The SMILES string of the molecule is O=C1C(=O)c2ccccc2C([O-])=C1C(NCc1ccccc1)c1cc(Br)ccc1O.O=C1C(=O)c2ccccc2C([O-])=C1C(NCc1ccccc1)c1cc(Br)ccc1O.[Cu+2]. The smallest absolute Gasteiger partial charge is 0.872 e. The van der Waals surface area contributed by atoms with Gasteiger partial charge in [-0.15, -0.1) is 0 Å². The number of hydrogen-bond acceptors (Lipinski definition) is 10. The molecule has 0 saturated heterocycles. The third kappa shape index (κ3) is 9.53. The van der Waals surface area contributed by atoms with Gasteiger partial charge in [-0.05, 0) is 58.7 Å². The molecular weight excluding hydrogens is 956 g/mol. The number of aromatic hydroxyl groups is 2. The number of ketones is 4. The van der Waals surface area contributed by atoms with Gasteiger partial charge in [0.25, 0.3) is 0 Å². The first-order valence-corrected chi connectivity index (χ1v) is 20.2. The van der Waals surface area contributed by atoms with Gasteiger partial charge in [0.1, 0.15) is 11.5 Å². The van der Waals surface area contributed by atoms with Crippen LogP contribution in [0.25, 0.3) is 11.5 Å². The Morgan fingerprint density at radius 3 is 1.15 bits per heavy atom. The zero-order valence-electron chi connectivity index (χ0n) is 31.8. The maximum absolute atomic E-state index is 13.3. The largest absolute Gasteiger partial charge is 2.00 e. The average Bonchev–Trinajstić information content (AvgIpc) is 3.27. The van der Waals surface area contributed by atoms with Crippen LogP contribution in [0.3, 0.4) is 0 Å². The van der Waals surface area contributed by atoms with Gasteiger partial charge >= 0.3 is 17.1 Å². The van der Waals surface area contributed by atoms with E-state index >= 15 is 0 Å². The van der Waals surface area contributed by atoms with Crippen LogP contribution in [0.2, 0.25) is 0 Å². The summed E-state index contributed by atoms with van der Waals surface area (Å²) < 4.78 is 1.34. The minimum absolute atomic E-state index is 0. The fraction of sp³-hybridized carbons (Fsp3) is 0.0833. The molecule has 2 unspecified atom stereocenters. The Morgan fingerprint density at radius 2 is 0.787 bits per heavy atom. The molecule has 6 aromatic carbocycles. The molecule has 0 aromatic heterocycles. The Morgan fingerprint density at radius 1 is 0.459 bits per heavy atom. The molecule has 61 heavy (non-hydrogen) atoms. The minimum Gasteiger partial charge on any atom is -0.872 e. The maximum Gasteiger partial charge on any atom is 2.00 e. The number of rotatable bonds is 10. The molecule has 4 N–H and O–H groups in total. The molecule has 0 spiro atoms. The van der Waals surface area contributed by atoms with E-state index < -0.39 is 46.7 Å². The number of phenolic OH excluding ortho intramolecular Hbond substituents is 2. The van der Waals surface area contributed by atoms with E-state index in [9.17, 15) is 39.6 Å². The summed E-state index contributed by atoms with van der Waals surface area (Å²) in [6.07, 6.45) is 0. The molecular formula is C48H34Br2CuN2O8. The van der Waals surface area contributed by atoms with E-state index in [0.717, 1.165) is 11.1 Å². The summed E-state index contributed by atoms with van der Waals surface area (Å²) >= 11 is 6.74. The Labute approximate surface area is 378 Å². The van der Waals surface area contributed by atoms with Crippen LogP contribution in [0.15, 0.2) is 166 Å². The zero-order valence-corrected chi connectivity index (χ0v) is 35.9. The van der Waals surface area contributed by atoms with Crippen LogP contribution in [0.5, 0.6) is 11.5 Å². The first kappa shape index (κ1) is 44.6. The van der Waals surface area contributed by atoms with Gasteiger partial charge in [0.05, 0.1) is 12.1 Å². The number of Topliss-reactive ketones (excluding diaryl/α,β-unsaturated/α-hetero) is 4. The van der Waals surface area contributed by atoms with Crippen LogP contribution < -0.4 is 20.8 Å². The summed E-state index contributed by atoms with van der Waals surface area (Å²) in [5, 5.41) is 53.9. The number of hydrogen-bond donors (Lipinski definition) is 4. The van der Waals surface area contributed by atoms with Crippen molar-refractivity contribution in [2.75, 3.05) is 0 Å². The molecule has 0 saturated carbocycles. The first-order valence-electron chi connectivity index (χ1n) is 18.6. The standard InChI is InChI=1S/2C24H18BrNO4.Cu/c2*25-15-10-11-19(27)18(12-15)21(26-13-14-6-2-1-3-7-14)20-22(28)16-8-4-5-9-17(16)23(29)24(20)30;/h2*1-12,21,26-28H,13H2;/q;;+2/p-2. The Kier molecular flexibility index (Phi) is 14.4. The van der Waals surface area contributed by atoms with E-state index in [1.165, 1.54) is 36.4 Å². The van der Waals surface area contributed by atoms with E-state index in [2.05, 4.69) is 42.5 Å². The van der Waals surface area contributed by atoms with Crippen LogP contribution in [0.4, 0.5) is 0 Å². The quantitative estimate of drug-likeness (QED) is 0.0822. The van der Waals surface area contributed by atoms with E-state index in [0.29, 0.717) is 33.2 Å². The molecule has 10 nitrogen and oxygen atoms in total. The summed E-state index contributed by atoms with van der Waals surface area (Å²) in [6.45, 7) is 0.661. The van der Waals surface area contributed by atoms with Crippen LogP contribution in [0.1, 0.15) is 66.2 Å². The van der Waals surface area contributed by atoms with Crippen molar-refractivity contribution >= 4 is 66.5 Å². The topological polar surface area (TPSA) is 179 Å². The van der Waals surface area contributed by atoms with Crippen LogP contribution in [0, 0.1) is 0 Å². The summed E-state index contributed by atoms with van der Waals surface area (Å²) in [5.74, 6) is -4.35. The monoisotopic (exact) mass is 987 g/mol. The average molecular weight is 990 g/mol. The van der Waals surface area contributed by atoms with Crippen molar-refractivity contribution in [1.82, 2.24) is 10.6 Å². The number of nitrogens with one attached hydrogen (secondary N) is 2. The van der Waals surface area contributed by atoms with Gasteiger partial charge in [-0.3, -0.25) is 19.2 Å². The molecule has 0 amide bonds. The van der Waals surface area contributed by atoms with Crippen molar-refractivity contribution in [2.45, 2.75) is 25.2 Å². The maximum atomic E-state index is 13.3. The van der Waals surface area contributed by atoms with Gasteiger partial charge in [0.2, 0.25) is 23.1 Å². The summed E-state index contributed by atoms with van der Waals surface area (Å²) in [7, 11) is 0. The van der Waals surface area contributed by atoms with Crippen LogP contribution in [-0.2, 0) is 39.7 Å². The van der Waals surface area contributed by atoms with Crippen molar-refractivity contribution in [3.8, 4) is 11.5 Å². The number of carbonyl (C=O) groups is 4. The van der Waals surface area contributed by atoms with E-state index in [1.807, 2.05) is 60.7 Å². The number of fused-ring (bicyclic) bond motifs is 2. The van der Waals surface area contributed by atoms with Crippen LogP contribution in [-0.4, -0.2) is 33.3 Å². The molecule has 0 aliphatic heterocycles. The Bertz CT molecular complexity index is 2540. The Balaban J connectivity index is 0.000000201. The Hall–Kier alpha value is -5.92. The van der Waals surface area contributed by atoms with E-state index in [4.69, 9.17) is 0 Å². The van der Waals surface area contributed by atoms with Crippen molar-refractivity contribution in [3.63, 3.8) is 0 Å². The third-order valence-electron chi connectivity index (χ3n) is 10.1. The van der Waals surface area contributed by atoms with Crippen molar-refractivity contribution in [2.24, 2.45) is 0 Å². The summed E-state index contributed by atoms with van der Waals surface area (Å²) in [4.78, 5) is 51.4. The molecule has 8 rings (SSSR count). The first-order chi connectivity index (χ1) is 28.9. The normalized spacial score (nSPS) is 14.3. The molecule has 2 aliphatic carbocycles. The molecule has 309 valence electrons. The molecule has 2 aliphatic rings. The van der Waals surface area contributed by atoms with Gasteiger partial charge in [-0.1, -0.05) is 153 Å². The fourth-order valence-corrected chi connectivity index (χ4v) is 7.91. The van der Waals surface area contributed by atoms with Gasteiger partial charge < -0.3 is 31.1 Å². The predicted octanol–water partition coefficient (Wildman–Crippen LogP) is 7.04. The molecule has 6 aromatic rings. The summed E-state index contributed by atoms with van der Waals surface area (Å²) in [5.41, 5.74) is 2.75. The molecule has 0 fully saturated rings. The second-order valence-electron chi connectivity index (χ2n) is 13.9. The number of benzene rings is 6. The van der Waals surface area contributed by atoms with Crippen molar-refractivity contribution in [3.05, 3.63) is 210 Å². The zero-order chi connectivity index (χ0) is 42.5. The van der Waals surface area contributed by atoms with E-state index in [1.54, 1.807) is 48.5 Å². The molecule has 0 heterocycles. The third-order valence-corrected chi connectivity index (χ3v) is 11.1. The molecule has 1 radical (unpaired) electrons. The van der Waals surface area contributed by atoms with Gasteiger partial charge in [-0.2, -0.15) is 0 Å². The van der Waals surface area contributed by atoms with E-state index in [-0.39, 0.29) is 62.0 Å². The second kappa shape index (κ2) is 19.6. The number of halogens is 2. The minimum atomic E-state index is -0.958. The van der Waals surface area contributed by atoms with Gasteiger partial charge in [0.15, 0.2) is 0 Å². The second-order valence-corrected chi connectivity index (χ2v) is 15.7. The van der Waals surface area contributed by atoms with Gasteiger partial charge in [-0.25, -0.2) is 0 Å². The number of phenols is 2. The van der Waals surface area contributed by atoms with Crippen molar-refractivity contribution < 1.29 is 56.7 Å².